The predicted octanol–water partition coefficient (Wildman–Crippen LogP) is 9.36. The lowest BCUT2D eigenvalue weighted by atomic mass is 9.96. The minimum Gasteiger partial charge on any atom is -0.416 e. The molecule has 2 aromatic heterocycles. The highest BCUT2D eigenvalue weighted by atomic mass is 16.4. The maximum atomic E-state index is 6.32. The van der Waals surface area contributed by atoms with Crippen LogP contribution in [0.4, 0.5) is 11.4 Å². The quantitative estimate of drug-likeness (QED) is 0.217. The van der Waals surface area contributed by atoms with Gasteiger partial charge < -0.3 is 13.9 Å². The van der Waals surface area contributed by atoms with Crippen molar-refractivity contribution in [3.8, 4) is 28.6 Å². The monoisotopic (exact) mass is 554 g/mol. The van der Waals surface area contributed by atoms with Crippen LogP contribution < -0.4 is 4.90 Å². The number of aromatic nitrogens is 3. The number of fused-ring (bicyclic) bond motifs is 6. The fourth-order valence-corrected chi connectivity index (χ4v) is 6.77. The van der Waals surface area contributed by atoms with E-state index in [-0.39, 0.29) is 6.04 Å². The lowest BCUT2D eigenvalue weighted by Gasteiger charge is -2.28. The zero-order chi connectivity index (χ0) is 28.3. The van der Waals surface area contributed by atoms with E-state index in [1.165, 1.54) is 38.6 Å². The second-order valence-electron chi connectivity index (χ2n) is 11.1. The molecule has 0 fully saturated rings. The molecule has 43 heavy (non-hydrogen) atoms. The third-order valence-corrected chi connectivity index (χ3v) is 8.64. The first kappa shape index (κ1) is 24.0. The van der Waals surface area contributed by atoms with Crippen molar-refractivity contribution in [3.63, 3.8) is 0 Å². The Hall–Kier alpha value is -5.68. The van der Waals surface area contributed by atoms with Crippen LogP contribution in [0.25, 0.3) is 56.0 Å². The van der Waals surface area contributed by atoms with Crippen molar-refractivity contribution in [2.24, 2.45) is 0 Å². The van der Waals surface area contributed by atoms with E-state index in [1.54, 1.807) is 0 Å². The van der Waals surface area contributed by atoms with Crippen LogP contribution in [0.1, 0.15) is 12.0 Å². The number of para-hydroxylation sites is 3. The van der Waals surface area contributed by atoms with Gasteiger partial charge in [-0.2, -0.15) is 0 Å². The molecule has 204 valence electrons. The van der Waals surface area contributed by atoms with Gasteiger partial charge >= 0.3 is 0 Å². The second-order valence-corrected chi connectivity index (χ2v) is 11.1. The van der Waals surface area contributed by atoms with Crippen molar-refractivity contribution in [1.29, 1.82) is 0 Å². The number of allylic oxidation sites excluding steroid dienone is 2. The third kappa shape index (κ3) is 3.71. The second kappa shape index (κ2) is 9.43. The highest BCUT2D eigenvalue weighted by Crippen LogP contribution is 2.47. The molecule has 0 radical (unpaired) electrons. The Morgan fingerprint density at radius 1 is 0.628 bits per heavy atom. The Bertz CT molecular complexity index is 2200. The van der Waals surface area contributed by atoms with Gasteiger partial charge in [0.2, 0.25) is 11.8 Å². The fourth-order valence-electron chi connectivity index (χ4n) is 6.77. The Labute approximate surface area is 248 Å². The van der Waals surface area contributed by atoms with E-state index in [9.17, 15) is 0 Å². The van der Waals surface area contributed by atoms with Gasteiger partial charge in [-0.3, -0.25) is 0 Å². The van der Waals surface area contributed by atoms with E-state index in [4.69, 9.17) is 4.42 Å². The van der Waals surface area contributed by atoms with Crippen LogP contribution in [0.5, 0.6) is 0 Å². The van der Waals surface area contributed by atoms with E-state index in [2.05, 4.69) is 141 Å². The van der Waals surface area contributed by atoms with Crippen LogP contribution in [0, 0.1) is 0 Å². The van der Waals surface area contributed by atoms with Crippen LogP contribution >= 0.6 is 0 Å². The summed E-state index contributed by atoms with van der Waals surface area (Å²) in [5, 5.41) is 11.4. The average Bonchev–Trinajstić information content (AvgIpc) is 3.78. The van der Waals surface area contributed by atoms with E-state index >= 15 is 0 Å². The summed E-state index contributed by atoms with van der Waals surface area (Å²) >= 11 is 0. The van der Waals surface area contributed by atoms with Gasteiger partial charge in [-0.15, -0.1) is 10.2 Å². The summed E-state index contributed by atoms with van der Waals surface area (Å²) in [5.41, 5.74) is 10.2. The number of anilines is 2. The molecule has 1 unspecified atom stereocenters. The molecule has 0 saturated carbocycles. The van der Waals surface area contributed by atoms with Crippen molar-refractivity contribution in [3.05, 3.63) is 145 Å². The van der Waals surface area contributed by atoms with Gasteiger partial charge in [0.15, 0.2) is 0 Å². The van der Waals surface area contributed by atoms with E-state index in [0.29, 0.717) is 11.8 Å². The predicted molar refractivity (Wildman–Crippen MR) is 174 cm³/mol. The largest absolute Gasteiger partial charge is 0.416 e. The molecule has 5 heteroatoms. The Balaban J connectivity index is 1.09. The molecule has 5 aromatic carbocycles. The minimum atomic E-state index is 0.277. The van der Waals surface area contributed by atoms with Gasteiger partial charge in [-0.25, -0.2) is 0 Å². The van der Waals surface area contributed by atoms with Gasteiger partial charge in [0.25, 0.3) is 0 Å². The third-order valence-electron chi connectivity index (χ3n) is 8.64. The standard InChI is InChI=1S/C38H26N4O/c1-5-19-33-29(15-1)30-16-2-6-20-34(30)41(33)27-13-9-11-25(23-27)37-39-40-38(43-37)26-12-10-14-28(24-26)42-35-21-7-3-17-31(35)32-18-4-8-22-36(32)42/h1-21,23-24,36H,22H2. The first-order valence-electron chi connectivity index (χ1n) is 14.6. The number of rotatable bonds is 4. The summed E-state index contributed by atoms with van der Waals surface area (Å²) in [7, 11) is 0. The number of nitrogens with zero attached hydrogens (tertiary/aromatic N) is 4. The molecule has 1 aliphatic carbocycles. The Kier molecular flexibility index (Phi) is 5.26. The van der Waals surface area contributed by atoms with Crippen molar-refractivity contribution in [1.82, 2.24) is 14.8 Å². The van der Waals surface area contributed by atoms with Crippen LogP contribution in [0.2, 0.25) is 0 Å². The summed E-state index contributed by atoms with van der Waals surface area (Å²) in [6.45, 7) is 0. The fraction of sp³-hybridized carbons (Fsp3) is 0.0526. The van der Waals surface area contributed by atoms with E-state index in [0.717, 1.165) is 28.9 Å². The first-order chi connectivity index (χ1) is 21.3. The molecule has 9 rings (SSSR count). The van der Waals surface area contributed by atoms with E-state index < -0.39 is 0 Å². The van der Waals surface area contributed by atoms with Crippen LogP contribution in [0.15, 0.2) is 144 Å². The molecule has 1 aliphatic heterocycles. The highest BCUT2D eigenvalue weighted by molar-refractivity contribution is 6.09. The Morgan fingerprint density at radius 3 is 2.00 bits per heavy atom. The molecule has 0 spiro atoms. The number of benzene rings is 5. The van der Waals surface area contributed by atoms with Gasteiger partial charge in [-0.05, 0) is 66.6 Å². The lowest BCUT2D eigenvalue weighted by molar-refractivity contribution is 0.584. The van der Waals surface area contributed by atoms with Gasteiger partial charge in [-0.1, -0.05) is 85.0 Å². The highest BCUT2D eigenvalue weighted by Gasteiger charge is 2.34. The first-order valence-corrected chi connectivity index (χ1v) is 14.6. The summed E-state index contributed by atoms with van der Waals surface area (Å²) in [6, 6.07) is 42.7. The summed E-state index contributed by atoms with van der Waals surface area (Å²) < 4.78 is 8.62. The van der Waals surface area contributed by atoms with Crippen LogP contribution in [-0.4, -0.2) is 20.8 Å². The number of hydrogen-bond acceptors (Lipinski definition) is 4. The number of hydrogen-bond donors (Lipinski definition) is 0. The average molecular weight is 555 g/mol. The van der Waals surface area contributed by atoms with Crippen LogP contribution in [0.3, 0.4) is 0 Å². The van der Waals surface area contributed by atoms with Gasteiger partial charge in [0.1, 0.15) is 0 Å². The molecule has 0 amide bonds. The molecule has 7 aromatic rings. The molecule has 0 bridgehead atoms. The van der Waals surface area contributed by atoms with Gasteiger partial charge in [0, 0.05) is 44.5 Å². The Morgan fingerprint density at radius 2 is 1.26 bits per heavy atom. The molecule has 5 nitrogen and oxygen atoms in total. The maximum absolute atomic E-state index is 6.32. The molecular weight excluding hydrogens is 528 g/mol. The zero-order valence-electron chi connectivity index (χ0n) is 23.3. The lowest BCUT2D eigenvalue weighted by Crippen LogP contribution is -2.27. The minimum absolute atomic E-state index is 0.277. The maximum Gasteiger partial charge on any atom is 0.248 e. The summed E-state index contributed by atoms with van der Waals surface area (Å²) in [4.78, 5) is 2.43. The van der Waals surface area contributed by atoms with Crippen molar-refractivity contribution in [2.45, 2.75) is 12.5 Å². The summed E-state index contributed by atoms with van der Waals surface area (Å²) in [6.07, 6.45) is 7.62. The van der Waals surface area contributed by atoms with Gasteiger partial charge in [0.05, 0.1) is 17.1 Å². The SMILES string of the molecule is C1=CCC2C(=C1)c1ccccc1N2c1cccc(-c2nnc(-c3cccc(-n4c5ccccc5c5ccccc54)c3)o2)c1. The molecular formula is C38H26N4O. The summed E-state index contributed by atoms with van der Waals surface area (Å²) in [5.74, 6) is 1.00. The van der Waals surface area contributed by atoms with Crippen molar-refractivity contribution in [2.75, 3.05) is 4.90 Å². The van der Waals surface area contributed by atoms with Crippen LogP contribution in [-0.2, 0) is 0 Å². The molecule has 2 aliphatic rings. The van der Waals surface area contributed by atoms with E-state index in [1.807, 2.05) is 18.2 Å². The molecule has 0 saturated heterocycles. The van der Waals surface area contributed by atoms with Crippen molar-refractivity contribution < 1.29 is 4.42 Å². The molecule has 0 N–H and O–H groups in total. The zero-order valence-corrected chi connectivity index (χ0v) is 23.3. The molecule has 1 atom stereocenters. The normalized spacial score (nSPS) is 15.6. The molecule has 3 heterocycles. The topological polar surface area (TPSA) is 47.1 Å². The van der Waals surface area contributed by atoms with Crippen molar-refractivity contribution >= 4 is 38.8 Å². The smallest absolute Gasteiger partial charge is 0.248 e.